The van der Waals surface area contributed by atoms with Crippen molar-refractivity contribution in [2.45, 2.75) is 6.42 Å². The van der Waals surface area contributed by atoms with Gasteiger partial charge in [-0.15, -0.1) is 0 Å². The van der Waals surface area contributed by atoms with E-state index >= 15 is 0 Å². The number of nitriles is 1. The zero-order valence-electron chi connectivity index (χ0n) is 10.1. The first kappa shape index (κ1) is 11.4. The van der Waals surface area contributed by atoms with Crippen LogP contribution in [-0.2, 0) is 11.2 Å². The Morgan fingerprint density at radius 1 is 1.05 bits per heavy atom. The Bertz CT molecular complexity index is 828. The van der Waals surface area contributed by atoms with E-state index in [-0.39, 0.29) is 5.91 Å². The summed E-state index contributed by atoms with van der Waals surface area (Å²) in [5.41, 5.74) is 2.13. The number of para-hydroxylation sites is 1. The number of benzene rings is 2. The maximum atomic E-state index is 11.9. The molecule has 0 radical (unpaired) electrons. The third-order valence-electron chi connectivity index (χ3n) is 3.21. The van der Waals surface area contributed by atoms with Crippen LogP contribution in [-0.4, -0.2) is 5.91 Å². The average Bonchev–Trinajstić information content (AvgIpc) is 2.76. The molecule has 0 aromatic heterocycles. The predicted molar refractivity (Wildman–Crippen MR) is 70.5 cm³/mol. The van der Waals surface area contributed by atoms with E-state index in [1.54, 1.807) is 6.07 Å². The quantitative estimate of drug-likeness (QED) is 0.797. The van der Waals surface area contributed by atoms with Gasteiger partial charge in [0, 0.05) is 17.2 Å². The number of carbonyl (C=O) groups excluding carboxylic acids is 1. The highest BCUT2D eigenvalue weighted by Gasteiger charge is 2.17. The Kier molecular flexibility index (Phi) is 2.70. The monoisotopic (exact) mass is 246 g/mol. The second kappa shape index (κ2) is 4.51. The zero-order valence-corrected chi connectivity index (χ0v) is 10.1. The van der Waals surface area contributed by atoms with Crippen molar-refractivity contribution in [1.82, 2.24) is 0 Å². The Labute approximate surface area is 110 Å². The molecule has 2 aromatic rings. The number of fused-ring (bicyclic) bond motifs is 1. The molecule has 90 valence electrons. The van der Waals surface area contributed by atoms with Crippen molar-refractivity contribution in [1.29, 1.82) is 5.26 Å². The number of carbonyl (C=O) groups is 1. The molecule has 0 fully saturated rings. The molecular weight excluding hydrogens is 236 g/mol. The molecule has 3 nitrogen and oxygen atoms in total. The van der Waals surface area contributed by atoms with Gasteiger partial charge in [-0.3, -0.25) is 4.79 Å². The lowest BCUT2D eigenvalue weighted by atomic mass is 9.99. The maximum Gasteiger partial charge on any atom is 0.274 e. The Morgan fingerprint density at radius 3 is 2.63 bits per heavy atom. The SMILES string of the molecule is N#Cc1ccccc1CC1=c2ccccc2=NC1=O. The minimum absolute atomic E-state index is 0.200. The maximum absolute atomic E-state index is 11.9. The number of amides is 1. The molecular formula is C16H10N2O. The van der Waals surface area contributed by atoms with Gasteiger partial charge >= 0.3 is 0 Å². The molecule has 0 saturated carbocycles. The van der Waals surface area contributed by atoms with E-state index in [2.05, 4.69) is 11.1 Å². The summed E-state index contributed by atoms with van der Waals surface area (Å²) in [5, 5.41) is 10.7. The van der Waals surface area contributed by atoms with Crippen molar-refractivity contribution in [3.8, 4) is 6.07 Å². The van der Waals surface area contributed by atoms with Crippen molar-refractivity contribution in [3.63, 3.8) is 0 Å². The molecule has 0 bridgehead atoms. The summed E-state index contributed by atoms with van der Waals surface area (Å²) in [6, 6.07) is 17.0. The molecule has 1 aliphatic heterocycles. The smallest absolute Gasteiger partial charge is 0.267 e. The Hall–Kier alpha value is -2.73. The van der Waals surface area contributed by atoms with Crippen LogP contribution in [0.5, 0.6) is 0 Å². The fourth-order valence-corrected chi connectivity index (χ4v) is 2.26. The second-order valence-electron chi connectivity index (χ2n) is 4.36. The molecule has 0 spiro atoms. The Balaban J connectivity index is 2.14. The predicted octanol–water partition coefficient (Wildman–Crippen LogP) is 1.11. The van der Waals surface area contributed by atoms with Gasteiger partial charge < -0.3 is 0 Å². The lowest BCUT2D eigenvalue weighted by molar-refractivity contribution is -0.112. The van der Waals surface area contributed by atoms with E-state index in [1.807, 2.05) is 42.5 Å². The summed E-state index contributed by atoms with van der Waals surface area (Å²) >= 11 is 0. The topological polar surface area (TPSA) is 53.2 Å². The van der Waals surface area contributed by atoms with Gasteiger partial charge in [0.15, 0.2) is 0 Å². The number of hydrogen-bond acceptors (Lipinski definition) is 2. The first-order chi connectivity index (χ1) is 9.29. The van der Waals surface area contributed by atoms with Crippen LogP contribution in [0.15, 0.2) is 53.5 Å². The molecule has 19 heavy (non-hydrogen) atoms. The van der Waals surface area contributed by atoms with Gasteiger partial charge in [0.25, 0.3) is 5.91 Å². The first-order valence-electron chi connectivity index (χ1n) is 5.99. The van der Waals surface area contributed by atoms with Gasteiger partial charge in [0.05, 0.1) is 17.0 Å². The lowest BCUT2D eigenvalue weighted by Crippen LogP contribution is -2.22. The number of rotatable bonds is 2. The summed E-state index contributed by atoms with van der Waals surface area (Å²) in [6.45, 7) is 0. The highest BCUT2D eigenvalue weighted by atomic mass is 16.1. The molecule has 1 aliphatic rings. The normalized spacial score (nSPS) is 12.8. The molecule has 0 unspecified atom stereocenters. The molecule has 1 amide bonds. The summed E-state index contributed by atoms with van der Waals surface area (Å²) in [6.07, 6.45) is 0.448. The fourth-order valence-electron chi connectivity index (χ4n) is 2.26. The van der Waals surface area contributed by atoms with Crippen molar-refractivity contribution in [2.24, 2.45) is 4.99 Å². The lowest BCUT2D eigenvalue weighted by Gasteiger charge is -2.03. The van der Waals surface area contributed by atoms with Crippen LogP contribution in [0.2, 0.25) is 0 Å². The molecule has 3 heteroatoms. The van der Waals surface area contributed by atoms with Gasteiger partial charge in [-0.05, 0) is 17.7 Å². The number of hydrogen-bond donors (Lipinski definition) is 0. The average molecular weight is 246 g/mol. The van der Waals surface area contributed by atoms with Crippen LogP contribution in [0.1, 0.15) is 11.1 Å². The molecule has 0 N–H and O–H groups in total. The van der Waals surface area contributed by atoms with E-state index in [9.17, 15) is 4.79 Å². The summed E-state index contributed by atoms with van der Waals surface area (Å²) in [7, 11) is 0. The zero-order chi connectivity index (χ0) is 13.2. The molecule has 0 atom stereocenters. The van der Waals surface area contributed by atoms with Gasteiger partial charge in [0.2, 0.25) is 0 Å². The van der Waals surface area contributed by atoms with Crippen LogP contribution in [0.3, 0.4) is 0 Å². The number of nitrogens with zero attached hydrogens (tertiary/aromatic N) is 2. The van der Waals surface area contributed by atoms with Crippen LogP contribution in [0.4, 0.5) is 0 Å². The summed E-state index contributed by atoms with van der Waals surface area (Å²) in [5.74, 6) is -0.200. The molecule has 1 heterocycles. The molecule has 0 aliphatic carbocycles. The van der Waals surface area contributed by atoms with Crippen molar-refractivity contribution in [3.05, 3.63) is 70.2 Å². The first-order valence-corrected chi connectivity index (χ1v) is 5.99. The van der Waals surface area contributed by atoms with Crippen LogP contribution in [0.25, 0.3) is 5.57 Å². The van der Waals surface area contributed by atoms with Crippen molar-refractivity contribution >= 4 is 11.5 Å². The third-order valence-corrected chi connectivity index (χ3v) is 3.21. The standard InChI is InChI=1S/C16H10N2O/c17-10-12-6-2-1-5-11(12)9-14-13-7-3-4-8-15(13)18-16(14)19/h1-8H,9H2. The van der Waals surface area contributed by atoms with E-state index in [4.69, 9.17) is 5.26 Å². The summed E-state index contributed by atoms with van der Waals surface area (Å²) in [4.78, 5) is 16.0. The van der Waals surface area contributed by atoms with Crippen LogP contribution < -0.4 is 10.6 Å². The minimum Gasteiger partial charge on any atom is -0.267 e. The van der Waals surface area contributed by atoms with Crippen LogP contribution >= 0.6 is 0 Å². The van der Waals surface area contributed by atoms with E-state index < -0.39 is 0 Å². The summed E-state index contributed by atoms with van der Waals surface area (Å²) < 4.78 is 0. The third kappa shape index (κ3) is 1.94. The molecule has 2 aromatic carbocycles. The van der Waals surface area contributed by atoms with Gasteiger partial charge in [-0.2, -0.15) is 5.26 Å². The van der Waals surface area contributed by atoms with E-state index in [0.717, 1.165) is 16.1 Å². The van der Waals surface area contributed by atoms with E-state index in [0.29, 0.717) is 17.6 Å². The van der Waals surface area contributed by atoms with Crippen molar-refractivity contribution < 1.29 is 4.79 Å². The Morgan fingerprint density at radius 2 is 1.79 bits per heavy atom. The highest BCUT2D eigenvalue weighted by Crippen LogP contribution is 2.14. The highest BCUT2D eigenvalue weighted by molar-refractivity contribution is 6.15. The molecule has 3 rings (SSSR count). The van der Waals surface area contributed by atoms with Crippen LogP contribution in [0, 0.1) is 11.3 Å². The fraction of sp³-hybridized carbons (Fsp3) is 0.0625. The van der Waals surface area contributed by atoms with Gasteiger partial charge in [-0.25, -0.2) is 4.99 Å². The minimum atomic E-state index is -0.200. The van der Waals surface area contributed by atoms with Gasteiger partial charge in [0.1, 0.15) is 0 Å². The van der Waals surface area contributed by atoms with Crippen molar-refractivity contribution in [2.75, 3.05) is 0 Å². The van der Waals surface area contributed by atoms with Gasteiger partial charge in [-0.1, -0.05) is 36.4 Å². The largest absolute Gasteiger partial charge is 0.274 e. The molecule has 0 saturated heterocycles. The van der Waals surface area contributed by atoms with E-state index in [1.165, 1.54) is 0 Å². The second-order valence-corrected chi connectivity index (χ2v) is 4.36.